The van der Waals surface area contributed by atoms with Gasteiger partial charge in [0.2, 0.25) is 5.91 Å². The molecule has 0 atom stereocenters. The van der Waals surface area contributed by atoms with E-state index in [2.05, 4.69) is 23.1 Å². The number of carbonyl (C=O) groups is 1. The Morgan fingerprint density at radius 2 is 1.90 bits per heavy atom. The summed E-state index contributed by atoms with van der Waals surface area (Å²) in [6, 6.07) is 12.3. The first-order valence-electron chi connectivity index (χ1n) is 10.7. The van der Waals surface area contributed by atoms with Crippen molar-refractivity contribution in [3.05, 3.63) is 59.4 Å². The topological polar surface area (TPSA) is 71.9 Å². The molecular formula is C24H27N3O3. The lowest BCUT2D eigenvalue weighted by molar-refractivity contribution is -0.130. The standard InChI is InChI=1S/C24H27N3O3/c25-15-18-4-1-2-6-21(18)26-7-9-27(10-8-26)24(28)13-19-16-30-23-14-22-17(12-20(19)23)5-3-11-29-22/h1-2,4,6,12,14,16H,3,5,7-11,13,15,25H2. The number of benzene rings is 2. The zero-order chi connectivity index (χ0) is 20.5. The van der Waals surface area contributed by atoms with Gasteiger partial charge in [0.05, 0.1) is 19.3 Å². The molecule has 3 heterocycles. The predicted octanol–water partition coefficient (Wildman–Crippen LogP) is 3.11. The van der Waals surface area contributed by atoms with Gasteiger partial charge in [-0.2, -0.15) is 0 Å². The summed E-state index contributed by atoms with van der Waals surface area (Å²) in [7, 11) is 0. The summed E-state index contributed by atoms with van der Waals surface area (Å²) >= 11 is 0. The molecule has 2 N–H and O–H groups in total. The zero-order valence-corrected chi connectivity index (χ0v) is 17.1. The van der Waals surface area contributed by atoms with Gasteiger partial charge in [0.15, 0.2) is 0 Å². The molecule has 0 aliphatic carbocycles. The highest BCUT2D eigenvalue weighted by Gasteiger charge is 2.24. The predicted molar refractivity (Wildman–Crippen MR) is 117 cm³/mol. The van der Waals surface area contributed by atoms with Gasteiger partial charge < -0.3 is 24.7 Å². The molecule has 1 fully saturated rings. The van der Waals surface area contributed by atoms with Crippen LogP contribution in [0.1, 0.15) is 23.1 Å². The maximum Gasteiger partial charge on any atom is 0.227 e. The molecule has 1 aromatic heterocycles. The number of para-hydroxylation sites is 1. The summed E-state index contributed by atoms with van der Waals surface area (Å²) in [5.74, 6) is 1.06. The van der Waals surface area contributed by atoms with Crippen LogP contribution >= 0.6 is 0 Å². The van der Waals surface area contributed by atoms with Crippen LogP contribution in [0.15, 0.2) is 47.1 Å². The van der Waals surface area contributed by atoms with Crippen molar-refractivity contribution in [2.75, 3.05) is 37.7 Å². The molecule has 2 aliphatic rings. The number of furan rings is 1. The molecular weight excluding hydrogens is 378 g/mol. The van der Waals surface area contributed by atoms with Crippen LogP contribution < -0.4 is 15.4 Å². The zero-order valence-electron chi connectivity index (χ0n) is 17.1. The van der Waals surface area contributed by atoms with E-state index in [1.54, 1.807) is 6.26 Å². The number of fused-ring (bicyclic) bond motifs is 2. The van der Waals surface area contributed by atoms with E-state index in [4.69, 9.17) is 14.9 Å². The van der Waals surface area contributed by atoms with E-state index in [0.717, 1.165) is 73.5 Å². The van der Waals surface area contributed by atoms with Gasteiger partial charge >= 0.3 is 0 Å². The minimum atomic E-state index is 0.151. The third-order valence-electron chi connectivity index (χ3n) is 6.21. The Balaban J connectivity index is 1.27. The van der Waals surface area contributed by atoms with Crippen LogP contribution in [0.5, 0.6) is 5.75 Å². The number of hydrogen-bond acceptors (Lipinski definition) is 5. The lowest BCUT2D eigenvalue weighted by Gasteiger charge is -2.37. The Labute approximate surface area is 176 Å². The van der Waals surface area contributed by atoms with Crippen molar-refractivity contribution in [2.45, 2.75) is 25.8 Å². The fraction of sp³-hybridized carbons (Fsp3) is 0.375. The Morgan fingerprint density at radius 3 is 2.73 bits per heavy atom. The Kier molecular flexibility index (Phi) is 5.09. The van der Waals surface area contributed by atoms with Gasteiger partial charge in [0.1, 0.15) is 11.3 Å². The van der Waals surface area contributed by atoms with Crippen molar-refractivity contribution in [1.82, 2.24) is 4.90 Å². The van der Waals surface area contributed by atoms with Crippen LogP contribution in [-0.2, 0) is 24.2 Å². The number of piperazine rings is 1. The molecule has 0 spiro atoms. The number of nitrogens with zero attached hydrogens (tertiary/aromatic N) is 2. The molecule has 1 saturated heterocycles. The number of anilines is 1. The average Bonchev–Trinajstić information content (AvgIpc) is 3.19. The number of amides is 1. The second kappa shape index (κ2) is 8.03. The first-order valence-corrected chi connectivity index (χ1v) is 10.7. The summed E-state index contributed by atoms with van der Waals surface area (Å²) in [6.45, 7) is 4.36. The van der Waals surface area contributed by atoms with Crippen LogP contribution in [0.2, 0.25) is 0 Å². The highest BCUT2D eigenvalue weighted by Crippen LogP contribution is 2.33. The minimum absolute atomic E-state index is 0.151. The van der Waals surface area contributed by atoms with Crippen molar-refractivity contribution in [3.63, 3.8) is 0 Å². The molecule has 0 bridgehead atoms. The monoisotopic (exact) mass is 405 g/mol. The van der Waals surface area contributed by atoms with Crippen molar-refractivity contribution in [3.8, 4) is 5.75 Å². The number of ether oxygens (including phenoxy) is 1. The van der Waals surface area contributed by atoms with Gasteiger partial charge in [-0.15, -0.1) is 0 Å². The van der Waals surface area contributed by atoms with Crippen LogP contribution in [0, 0.1) is 0 Å². The summed E-state index contributed by atoms with van der Waals surface area (Å²) in [6.07, 6.45) is 4.13. The average molecular weight is 405 g/mol. The lowest BCUT2D eigenvalue weighted by Crippen LogP contribution is -2.49. The molecule has 0 radical (unpaired) electrons. The molecule has 2 aromatic carbocycles. The highest BCUT2D eigenvalue weighted by atomic mass is 16.5. The van der Waals surface area contributed by atoms with E-state index in [1.807, 2.05) is 23.1 Å². The van der Waals surface area contributed by atoms with Gasteiger partial charge in [0.25, 0.3) is 0 Å². The molecule has 6 heteroatoms. The Morgan fingerprint density at radius 1 is 1.07 bits per heavy atom. The first kappa shape index (κ1) is 19.0. The second-order valence-electron chi connectivity index (χ2n) is 8.05. The molecule has 1 amide bonds. The van der Waals surface area contributed by atoms with Crippen LogP contribution in [0.25, 0.3) is 11.0 Å². The van der Waals surface area contributed by atoms with Gasteiger partial charge in [-0.3, -0.25) is 4.79 Å². The van der Waals surface area contributed by atoms with E-state index < -0.39 is 0 Å². The van der Waals surface area contributed by atoms with Crippen molar-refractivity contribution < 1.29 is 13.9 Å². The lowest BCUT2D eigenvalue weighted by atomic mass is 10.0. The van der Waals surface area contributed by atoms with E-state index in [9.17, 15) is 4.79 Å². The highest BCUT2D eigenvalue weighted by molar-refractivity contribution is 5.89. The fourth-order valence-electron chi connectivity index (χ4n) is 4.53. The van der Waals surface area contributed by atoms with Gasteiger partial charge in [-0.25, -0.2) is 0 Å². The second-order valence-corrected chi connectivity index (χ2v) is 8.05. The Bertz CT molecular complexity index is 1070. The largest absolute Gasteiger partial charge is 0.493 e. The van der Waals surface area contributed by atoms with Crippen molar-refractivity contribution in [1.29, 1.82) is 0 Å². The van der Waals surface area contributed by atoms with Crippen molar-refractivity contribution in [2.24, 2.45) is 5.73 Å². The van der Waals surface area contributed by atoms with E-state index in [0.29, 0.717) is 13.0 Å². The maximum absolute atomic E-state index is 13.0. The summed E-state index contributed by atoms with van der Waals surface area (Å²) < 4.78 is 11.5. The minimum Gasteiger partial charge on any atom is -0.493 e. The van der Waals surface area contributed by atoms with Gasteiger partial charge in [0, 0.05) is 55.4 Å². The smallest absolute Gasteiger partial charge is 0.227 e. The van der Waals surface area contributed by atoms with Gasteiger partial charge in [-0.05, 0) is 36.1 Å². The summed E-state index contributed by atoms with van der Waals surface area (Å²) in [5, 5.41) is 1.03. The number of rotatable bonds is 4. The number of hydrogen-bond donors (Lipinski definition) is 1. The SMILES string of the molecule is NCc1ccccc1N1CCN(C(=O)Cc2coc3cc4c(cc23)CCCO4)CC1. The molecule has 156 valence electrons. The normalized spacial score (nSPS) is 16.4. The van der Waals surface area contributed by atoms with E-state index in [1.165, 1.54) is 11.3 Å². The number of nitrogens with two attached hydrogens (primary N) is 1. The molecule has 6 nitrogen and oxygen atoms in total. The van der Waals surface area contributed by atoms with E-state index >= 15 is 0 Å². The number of aryl methyl sites for hydroxylation is 1. The summed E-state index contributed by atoms with van der Waals surface area (Å²) in [4.78, 5) is 17.3. The van der Waals surface area contributed by atoms with Crippen LogP contribution in [-0.4, -0.2) is 43.6 Å². The van der Waals surface area contributed by atoms with Crippen LogP contribution in [0.3, 0.4) is 0 Å². The van der Waals surface area contributed by atoms with Gasteiger partial charge in [-0.1, -0.05) is 18.2 Å². The third-order valence-corrected chi connectivity index (χ3v) is 6.21. The molecule has 0 saturated carbocycles. The quantitative estimate of drug-likeness (QED) is 0.722. The molecule has 5 rings (SSSR count). The number of carbonyl (C=O) groups excluding carboxylic acids is 1. The van der Waals surface area contributed by atoms with Crippen molar-refractivity contribution >= 4 is 22.6 Å². The summed E-state index contributed by atoms with van der Waals surface area (Å²) in [5.41, 5.74) is 11.2. The fourth-order valence-corrected chi connectivity index (χ4v) is 4.53. The Hall–Kier alpha value is -2.99. The molecule has 0 unspecified atom stereocenters. The first-order chi connectivity index (χ1) is 14.7. The molecule has 2 aliphatic heterocycles. The maximum atomic E-state index is 13.0. The molecule has 30 heavy (non-hydrogen) atoms. The molecule has 3 aromatic rings. The van der Waals surface area contributed by atoms with Crippen LogP contribution in [0.4, 0.5) is 5.69 Å². The van der Waals surface area contributed by atoms with E-state index in [-0.39, 0.29) is 5.91 Å². The third kappa shape index (κ3) is 3.52.